The second kappa shape index (κ2) is 31.7. The minimum atomic E-state index is -3.45. The van der Waals surface area contributed by atoms with E-state index in [-0.39, 0.29) is 30.2 Å². The molecule has 6 aromatic rings. The number of aryl methyl sites for hydroxylation is 3. The lowest BCUT2D eigenvalue weighted by molar-refractivity contribution is 0.411. The van der Waals surface area contributed by atoms with E-state index in [0.29, 0.717) is 36.5 Å². The van der Waals surface area contributed by atoms with Crippen LogP contribution in [0.25, 0.3) is 0 Å². The third-order valence-electron chi connectivity index (χ3n) is 12.1. The summed E-state index contributed by atoms with van der Waals surface area (Å²) in [6.45, 7) is 27.7. The summed E-state index contributed by atoms with van der Waals surface area (Å²) in [5.41, 5.74) is 19.7. The fourth-order valence-electron chi connectivity index (χ4n) is 8.43. The van der Waals surface area contributed by atoms with Crippen LogP contribution in [-0.4, -0.2) is 97.3 Å². The van der Waals surface area contributed by atoms with Crippen molar-refractivity contribution in [2.24, 2.45) is 0 Å². The summed E-state index contributed by atoms with van der Waals surface area (Å²) >= 11 is 1.56. The quantitative estimate of drug-likeness (QED) is 0.0351. The van der Waals surface area contributed by atoms with Gasteiger partial charge in [0, 0.05) is 80.4 Å². The maximum atomic E-state index is 11.8. The SMILES string of the molecule is C.CCNc1nc(N)ncc1Cc1cc(OC)c(C)cc1C(C)C.CCNc1nc(S(C)(=O)=O)ncc1Cc1cc(OC)c(C)cc1C(C)C.CCNc1nc(SC)ncc1Cc1cc(OC)c(C)cc1C(C)C.N.O. The second-order valence-corrected chi connectivity index (χ2v) is 21.5. The van der Waals surface area contributed by atoms with Gasteiger partial charge in [-0.3, -0.25) is 0 Å². The first kappa shape index (κ1) is 67.7. The van der Waals surface area contributed by atoms with Crippen molar-refractivity contribution >= 4 is 45.0 Å². The van der Waals surface area contributed by atoms with Crippen LogP contribution in [0.15, 0.2) is 65.3 Å². The highest BCUT2D eigenvalue weighted by Crippen LogP contribution is 2.34. The lowest BCUT2D eigenvalue weighted by Crippen LogP contribution is -2.11. The van der Waals surface area contributed by atoms with Crippen molar-refractivity contribution in [3.63, 3.8) is 0 Å². The van der Waals surface area contributed by atoms with Gasteiger partial charge in [0.05, 0.1) is 21.3 Å². The molecule has 0 bridgehead atoms. The monoisotopic (exact) mass is 1090 g/mol. The molecule has 0 unspecified atom stereocenters. The Morgan fingerprint density at radius 2 is 0.882 bits per heavy atom. The number of thioether (sulfide) groups is 1. The molecule has 6 rings (SSSR count). The number of nitrogens with zero attached hydrogens (tertiary/aromatic N) is 6. The maximum Gasteiger partial charge on any atom is 0.248 e. The Hall–Kier alpha value is -6.28. The van der Waals surface area contributed by atoms with Crippen molar-refractivity contribution in [2.45, 2.75) is 138 Å². The molecule has 17 nitrogen and oxygen atoms in total. The third-order valence-corrected chi connectivity index (χ3v) is 13.5. The largest absolute Gasteiger partial charge is 0.496 e. The van der Waals surface area contributed by atoms with E-state index in [9.17, 15) is 8.42 Å². The number of rotatable bonds is 20. The van der Waals surface area contributed by atoms with E-state index in [4.69, 9.17) is 19.9 Å². The van der Waals surface area contributed by atoms with E-state index in [1.807, 2.05) is 39.3 Å². The Balaban J connectivity index is 0.000000560. The number of benzene rings is 3. The number of ether oxygens (including phenoxy) is 3. The van der Waals surface area contributed by atoms with Crippen molar-refractivity contribution in [2.75, 3.05) is 75.2 Å². The van der Waals surface area contributed by atoms with Gasteiger partial charge in [-0.25, -0.2) is 33.3 Å². The van der Waals surface area contributed by atoms with E-state index in [2.05, 4.69) is 138 Å². The number of nitrogens with two attached hydrogens (primary N) is 1. The molecule has 0 fully saturated rings. The first-order valence-electron chi connectivity index (χ1n) is 24.9. The van der Waals surface area contributed by atoms with Gasteiger partial charge in [0.15, 0.2) is 5.16 Å². The molecule has 0 saturated carbocycles. The van der Waals surface area contributed by atoms with Gasteiger partial charge in [0.25, 0.3) is 0 Å². The number of nitrogens with one attached hydrogen (secondary N) is 3. The average Bonchev–Trinajstić information content (AvgIpc) is 3.34. The highest BCUT2D eigenvalue weighted by Gasteiger charge is 2.19. The lowest BCUT2D eigenvalue weighted by atomic mass is 9.91. The number of sulfone groups is 1. The summed E-state index contributed by atoms with van der Waals surface area (Å²) in [4.78, 5) is 25.8. The van der Waals surface area contributed by atoms with E-state index >= 15 is 0 Å². The zero-order valence-electron chi connectivity index (χ0n) is 47.5. The summed E-state index contributed by atoms with van der Waals surface area (Å²) in [7, 11) is 1.64. The van der Waals surface area contributed by atoms with Crippen LogP contribution < -0.4 is 42.0 Å². The van der Waals surface area contributed by atoms with E-state index < -0.39 is 9.84 Å². The molecule has 19 heteroatoms. The minimum absolute atomic E-state index is 0. The average molecular weight is 1090 g/mol. The number of anilines is 4. The molecule has 10 N–H and O–H groups in total. The fraction of sp³-hybridized carbons (Fsp3) is 0.474. The normalized spacial score (nSPS) is 10.7. The lowest BCUT2D eigenvalue weighted by Gasteiger charge is -2.18. The minimum Gasteiger partial charge on any atom is -0.496 e. The Labute approximate surface area is 459 Å². The number of hydrogen-bond donors (Lipinski definition) is 5. The van der Waals surface area contributed by atoms with Crippen molar-refractivity contribution in [1.29, 1.82) is 0 Å². The standard InChI is InChI=1S/C19H27N3O3S.C19H27N3OS.C18H26N4O.CH4.H3N.H2O/c1-7-20-18-15(11-21-19(22-18)26(6,23)24)9-14-10-17(25-5)13(4)8-16(14)12(2)3;1-7-20-18-15(11-21-19(22-18)24-6)9-14-10-17(23-5)13(4)8-16(14)12(2)3;1-6-20-17-14(10-21-18(19)22-17)8-13-9-16(23-5)12(4)7-15(13)11(2)3;;;/h8,10-12H,7,9H2,1-6H3,(H,20,21,22);8,10-12H,7,9H2,1-6H3,(H,20,21,22);7,9-11H,6,8H2,1-5H3,(H3,19,20,21,22);1H4;1H3;1H2. The van der Waals surface area contributed by atoms with Gasteiger partial charge >= 0.3 is 0 Å². The Morgan fingerprint density at radius 3 is 1.20 bits per heavy atom. The molecule has 3 heterocycles. The molecule has 0 atom stereocenters. The highest BCUT2D eigenvalue weighted by molar-refractivity contribution is 7.98. The molecule has 420 valence electrons. The van der Waals surface area contributed by atoms with Crippen LogP contribution in [0, 0.1) is 20.8 Å². The molecule has 3 aromatic carbocycles. The van der Waals surface area contributed by atoms with Gasteiger partial charge in [-0.15, -0.1) is 0 Å². The van der Waals surface area contributed by atoms with Crippen LogP contribution in [0.3, 0.4) is 0 Å². The zero-order chi connectivity index (χ0) is 54.2. The number of methoxy groups -OCH3 is 3. The topological polar surface area (TPSA) is 268 Å². The van der Waals surface area contributed by atoms with Crippen molar-refractivity contribution in [1.82, 2.24) is 36.1 Å². The van der Waals surface area contributed by atoms with Gasteiger partial charge in [-0.2, -0.15) is 4.98 Å². The summed E-state index contributed by atoms with van der Waals surface area (Å²) < 4.78 is 40.0. The van der Waals surface area contributed by atoms with Crippen LogP contribution in [0.2, 0.25) is 0 Å². The van der Waals surface area contributed by atoms with Gasteiger partial charge in [0.1, 0.15) is 34.7 Å². The molecular weight excluding hydrogens is 999 g/mol. The predicted octanol–water partition coefficient (Wildman–Crippen LogP) is 11.5. The van der Waals surface area contributed by atoms with Gasteiger partial charge in [-0.1, -0.05) is 78.9 Å². The molecule has 0 aliphatic carbocycles. The Bertz CT molecular complexity index is 2900. The molecule has 76 heavy (non-hydrogen) atoms. The van der Waals surface area contributed by atoms with Gasteiger partial charge < -0.3 is 47.5 Å². The third kappa shape index (κ3) is 18.5. The second-order valence-electron chi connectivity index (χ2n) is 18.8. The summed E-state index contributed by atoms with van der Waals surface area (Å²) in [6.07, 6.45) is 10.6. The Kier molecular flexibility index (Phi) is 28.2. The fourth-order valence-corrected chi connectivity index (χ4v) is 9.27. The maximum absolute atomic E-state index is 11.8. The number of hydrogen-bond acceptors (Lipinski definition) is 17. The summed E-state index contributed by atoms with van der Waals surface area (Å²) in [5.74, 6) is 6.49. The molecular formula is C57H89N11O6S2. The van der Waals surface area contributed by atoms with Crippen molar-refractivity contribution in [3.05, 3.63) is 122 Å². The molecule has 0 spiro atoms. The smallest absolute Gasteiger partial charge is 0.248 e. The summed E-state index contributed by atoms with van der Waals surface area (Å²) in [6, 6.07) is 12.9. The van der Waals surface area contributed by atoms with E-state index in [1.54, 1.807) is 45.5 Å². The van der Waals surface area contributed by atoms with Crippen molar-refractivity contribution < 1.29 is 28.1 Å². The molecule has 0 amide bonds. The first-order chi connectivity index (χ1) is 34.6. The van der Waals surface area contributed by atoms with Crippen LogP contribution in [0.1, 0.15) is 154 Å². The number of nitrogen functional groups attached to an aromatic ring is 1. The van der Waals surface area contributed by atoms with Crippen molar-refractivity contribution in [3.8, 4) is 17.2 Å². The Morgan fingerprint density at radius 1 is 0.553 bits per heavy atom. The van der Waals surface area contributed by atoms with Gasteiger partial charge in [0.2, 0.25) is 20.9 Å². The molecule has 0 aliphatic heterocycles. The van der Waals surface area contributed by atoms with E-state index in [0.717, 1.165) is 99.6 Å². The summed E-state index contributed by atoms with van der Waals surface area (Å²) in [5, 5.41) is 10.4. The zero-order valence-corrected chi connectivity index (χ0v) is 49.1. The highest BCUT2D eigenvalue weighted by atomic mass is 32.2. The van der Waals surface area contributed by atoms with Gasteiger partial charge in [-0.05, 0) is 134 Å². The predicted molar refractivity (Wildman–Crippen MR) is 317 cm³/mol. The molecule has 0 aliphatic rings. The van der Waals surface area contributed by atoms with Crippen LogP contribution >= 0.6 is 11.8 Å². The first-order valence-corrected chi connectivity index (χ1v) is 28.1. The number of aromatic nitrogens is 6. The van der Waals surface area contributed by atoms with Crippen LogP contribution in [-0.2, 0) is 29.1 Å². The van der Waals surface area contributed by atoms with Crippen LogP contribution in [0.5, 0.6) is 17.2 Å². The molecule has 0 saturated heterocycles. The van der Waals surface area contributed by atoms with E-state index in [1.165, 1.54) is 33.4 Å². The van der Waals surface area contributed by atoms with Crippen LogP contribution in [0.4, 0.5) is 23.4 Å². The molecule has 3 aromatic heterocycles. The molecule has 0 radical (unpaired) electrons.